The lowest BCUT2D eigenvalue weighted by Gasteiger charge is -2.53. The summed E-state index contributed by atoms with van der Waals surface area (Å²) in [6.07, 6.45) is 4.22. The van der Waals surface area contributed by atoms with E-state index >= 15 is 0 Å². The number of rotatable bonds is 3. The summed E-state index contributed by atoms with van der Waals surface area (Å²) in [7, 11) is 1.64. The van der Waals surface area contributed by atoms with Gasteiger partial charge in [0.05, 0.1) is 19.6 Å². The molecule has 0 unspecified atom stereocenters. The number of benzene rings is 2. The van der Waals surface area contributed by atoms with Crippen LogP contribution in [0.25, 0.3) is 0 Å². The average molecular weight is 442 g/mol. The number of fused-ring (bicyclic) bond motifs is 4. The van der Waals surface area contributed by atoms with Crippen molar-refractivity contribution in [2.24, 2.45) is 5.92 Å². The molecule has 2 aromatic rings. The Kier molecular flexibility index (Phi) is 5.57. The average Bonchev–Trinajstić information content (AvgIpc) is 2.81. The predicted octanol–water partition coefficient (Wildman–Crippen LogP) is 4.81. The smallest absolute Gasteiger partial charge is 0.226 e. The Hall–Kier alpha value is -2.24. The molecule has 0 saturated carbocycles. The number of methoxy groups -OCH3 is 1. The van der Waals surface area contributed by atoms with Crippen molar-refractivity contribution in [3.8, 4) is 11.5 Å². The number of piperidine rings is 1. The maximum absolute atomic E-state index is 12.9. The standard InChI is InChI=1S/C25H28ClNO4/c1-29-19-7-4-17(5-8-19)15-23(28)27-12-10-25(11-13-27)21-3-2-14-30-24(21)20-16-18(26)6-9-22(20)31-25/h4-9,16,21,24H,2-3,10-15H2,1H3/t21-,24+/m0/s1. The molecule has 3 heterocycles. The van der Waals surface area contributed by atoms with E-state index in [1.165, 1.54) is 0 Å². The summed E-state index contributed by atoms with van der Waals surface area (Å²) in [5, 5.41) is 0.713. The van der Waals surface area contributed by atoms with Crippen LogP contribution in [0.1, 0.15) is 42.9 Å². The van der Waals surface area contributed by atoms with Gasteiger partial charge in [0.25, 0.3) is 0 Å². The summed E-state index contributed by atoms with van der Waals surface area (Å²) in [5.74, 6) is 2.15. The van der Waals surface area contributed by atoms with E-state index in [-0.39, 0.29) is 17.6 Å². The van der Waals surface area contributed by atoms with E-state index in [1.807, 2.05) is 47.4 Å². The second-order valence-corrected chi connectivity index (χ2v) is 9.23. The van der Waals surface area contributed by atoms with E-state index in [0.717, 1.165) is 54.9 Å². The van der Waals surface area contributed by atoms with Gasteiger partial charge in [-0.05, 0) is 48.7 Å². The first kappa shape index (κ1) is 20.7. The van der Waals surface area contributed by atoms with Crippen molar-refractivity contribution >= 4 is 17.5 Å². The zero-order valence-corrected chi connectivity index (χ0v) is 18.6. The number of carbonyl (C=O) groups is 1. The van der Waals surface area contributed by atoms with Crippen molar-refractivity contribution in [3.63, 3.8) is 0 Å². The summed E-state index contributed by atoms with van der Waals surface area (Å²) < 4.78 is 18.1. The Balaban J connectivity index is 1.30. The third-order valence-corrected chi connectivity index (χ3v) is 7.30. The van der Waals surface area contributed by atoms with Crippen molar-refractivity contribution in [1.29, 1.82) is 0 Å². The second-order valence-electron chi connectivity index (χ2n) is 8.79. The van der Waals surface area contributed by atoms with Gasteiger partial charge in [-0.3, -0.25) is 4.79 Å². The maximum Gasteiger partial charge on any atom is 0.226 e. The Morgan fingerprint density at radius 2 is 1.97 bits per heavy atom. The van der Waals surface area contributed by atoms with Crippen LogP contribution >= 0.6 is 11.6 Å². The molecule has 0 aromatic heterocycles. The fourth-order valence-corrected chi connectivity index (χ4v) is 5.57. The Bertz CT molecular complexity index is 952. The van der Waals surface area contributed by atoms with Gasteiger partial charge in [-0.2, -0.15) is 0 Å². The number of likely N-dealkylation sites (tertiary alicyclic amines) is 1. The van der Waals surface area contributed by atoms with Gasteiger partial charge >= 0.3 is 0 Å². The number of carbonyl (C=O) groups excluding carboxylic acids is 1. The van der Waals surface area contributed by atoms with Gasteiger partial charge < -0.3 is 19.1 Å². The summed E-state index contributed by atoms with van der Waals surface area (Å²) in [4.78, 5) is 14.9. The molecule has 0 radical (unpaired) electrons. The highest BCUT2D eigenvalue weighted by atomic mass is 35.5. The van der Waals surface area contributed by atoms with Crippen LogP contribution in [0.2, 0.25) is 5.02 Å². The first-order valence-electron chi connectivity index (χ1n) is 11.1. The van der Waals surface area contributed by atoms with Crippen LogP contribution in [0, 0.1) is 5.92 Å². The number of halogens is 1. The first-order chi connectivity index (χ1) is 15.1. The van der Waals surface area contributed by atoms with Crippen molar-refractivity contribution in [2.75, 3.05) is 26.8 Å². The Labute approximate surface area is 188 Å². The molecule has 6 heteroatoms. The van der Waals surface area contributed by atoms with Gasteiger partial charge in [-0.15, -0.1) is 0 Å². The van der Waals surface area contributed by atoms with Crippen LogP contribution in [-0.2, 0) is 16.0 Å². The van der Waals surface area contributed by atoms with E-state index in [9.17, 15) is 4.79 Å². The molecule has 2 saturated heterocycles. The lowest BCUT2D eigenvalue weighted by atomic mass is 9.70. The topological polar surface area (TPSA) is 48.0 Å². The van der Waals surface area contributed by atoms with Crippen LogP contribution in [0.15, 0.2) is 42.5 Å². The van der Waals surface area contributed by atoms with Crippen LogP contribution in [0.3, 0.4) is 0 Å². The maximum atomic E-state index is 12.9. The van der Waals surface area contributed by atoms with Gasteiger partial charge in [-0.25, -0.2) is 0 Å². The molecule has 1 amide bonds. The molecule has 3 aliphatic heterocycles. The molecule has 2 fully saturated rings. The largest absolute Gasteiger partial charge is 0.497 e. The molecule has 5 nitrogen and oxygen atoms in total. The molecule has 2 atom stereocenters. The van der Waals surface area contributed by atoms with E-state index in [2.05, 4.69) is 0 Å². The lowest BCUT2D eigenvalue weighted by Crippen LogP contribution is -2.58. The molecular weight excluding hydrogens is 414 g/mol. The van der Waals surface area contributed by atoms with Crippen LogP contribution in [0.5, 0.6) is 11.5 Å². The van der Waals surface area contributed by atoms with Crippen molar-refractivity contribution in [3.05, 3.63) is 58.6 Å². The number of nitrogens with zero attached hydrogens (tertiary/aromatic N) is 1. The zero-order chi connectivity index (χ0) is 21.4. The minimum atomic E-state index is -0.275. The van der Waals surface area contributed by atoms with Gasteiger partial charge in [0.1, 0.15) is 17.1 Å². The summed E-state index contributed by atoms with van der Waals surface area (Å²) in [6.45, 7) is 2.19. The molecule has 3 aliphatic rings. The highest BCUT2D eigenvalue weighted by Crippen LogP contribution is 2.53. The van der Waals surface area contributed by atoms with Gasteiger partial charge in [0, 0.05) is 49.0 Å². The molecule has 164 valence electrons. The quantitative estimate of drug-likeness (QED) is 0.685. The van der Waals surface area contributed by atoms with Gasteiger partial charge in [0.2, 0.25) is 5.91 Å². The molecule has 1 spiro atoms. The minimum Gasteiger partial charge on any atom is -0.497 e. The normalized spacial score (nSPS) is 24.1. The lowest BCUT2D eigenvalue weighted by molar-refractivity contribution is -0.156. The van der Waals surface area contributed by atoms with Gasteiger partial charge in [-0.1, -0.05) is 23.7 Å². The SMILES string of the molecule is COc1ccc(CC(=O)N2CCC3(CC2)Oc2ccc(Cl)cc2[C@H]2OCCC[C@@H]23)cc1. The monoisotopic (exact) mass is 441 g/mol. The third kappa shape index (κ3) is 3.90. The van der Waals surface area contributed by atoms with E-state index in [0.29, 0.717) is 30.5 Å². The fraction of sp³-hybridized carbons (Fsp3) is 0.480. The van der Waals surface area contributed by atoms with Crippen molar-refractivity contribution in [1.82, 2.24) is 4.90 Å². The van der Waals surface area contributed by atoms with Gasteiger partial charge in [0.15, 0.2) is 0 Å². The predicted molar refractivity (Wildman–Crippen MR) is 119 cm³/mol. The number of amides is 1. The van der Waals surface area contributed by atoms with Crippen molar-refractivity contribution < 1.29 is 19.0 Å². The number of hydrogen-bond donors (Lipinski definition) is 0. The first-order valence-corrected chi connectivity index (χ1v) is 11.5. The third-order valence-electron chi connectivity index (χ3n) is 7.07. The van der Waals surface area contributed by atoms with Crippen LogP contribution in [-0.4, -0.2) is 43.2 Å². The highest BCUT2D eigenvalue weighted by molar-refractivity contribution is 6.30. The van der Waals surface area contributed by atoms with E-state index in [1.54, 1.807) is 7.11 Å². The highest BCUT2D eigenvalue weighted by Gasteiger charge is 2.52. The number of ether oxygens (including phenoxy) is 3. The Morgan fingerprint density at radius 1 is 1.19 bits per heavy atom. The molecule has 2 aromatic carbocycles. The molecular formula is C25H28ClNO4. The summed E-state index contributed by atoms with van der Waals surface area (Å²) >= 11 is 6.26. The molecule has 0 N–H and O–H groups in total. The van der Waals surface area contributed by atoms with Crippen LogP contribution in [0.4, 0.5) is 0 Å². The molecule has 0 bridgehead atoms. The van der Waals surface area contributed by atoms with E-state index < -0.39 is 0 Å². The fourth-order valence-electron chi connectivity index (χ4n) is 5.39. The second kappa shape index (κ2) is 8.36. The van der Waals surface area contributed by atoms with E-state index in [4.69, 9.17) is 25.8 Å². The molecule has 5 rings (SSSR count). The van der Waals surface area contributed by atoms with Crippen LogP contribution < -0.4 is 9.47 Å². The zero-order valence-electron chi connectivity index (χ0n) is 17.8. The molecule has 31 heavy (non-hydrogen) atoms. The molecule has 0 aliphatic carbocycles. The number of hydrogen-bond acceptors (Lipinski definition) is 4. The van der Waals surface area contributed by atoms with Crippen molar-refractivity contribution in [2.45, 2.75) is 43.8 Å². The summed E-state index contributed by atoms with van der Waals surface area (Å²) in [5.41, 5.74) is 1.80. The Morgan fingerprint density at radius 3 is 2.71 bits per heavy atom. The summed E-state index contributed by atoms with van der Waals surface area (Å²) in [6, 6.07) is 13.5. The minimum absolute atomic E-state index is 0.0257.